The Morgan fingerprint density at radius 3 is 2.57 bits per heavy atom. The third-order valence-corrected chi connectivity index (χ3v) is 3.94. The van der Waals surface area contributed by atoms with Gasteiger partial charge in [-0.05, 0) is 42.3 Å². The van der Waals surface area contributed by atoms with E-state index in [9.17, 15) is 5.11 Å². The summed E-state index contributed by atoms with van der Waals surface area (Å²) < 4.78 is 6.23. The van der Waals surface area contributed by atoms with Gasteiger partial charge in [0.15, 0.2) is 0 Å². The molecule has 2 N–H and O–H groups in total. The maximum absolute atomic E-state index is 10.3. The van der Waals surface area contributed by atoms with Crippen LogP contribution in [0, 0.1) is 0 Å². The molecular formula is C17H20BrNO2. The zero-order chi connectivity index (χ0) is 15.2. The number of aliphatic hydroxyl groups excluding tert-OH is 1. The number of rotatable bonds is 6. The van der Waals surface area contributed by atoms with Gasteiger partial charge in [0, 0.05) is 17.1 Å². The molecule has 112 valence electrons. The number of hydrogen-bond donors (Lipinski definition) is 2. The van der Waals surface area contributed by atoms with Crippen molar-refractivity contribution in [1.29, 1.82) is 0 Å². The highest BCUT2D eigenvalue weighted by atomic mass is 79.9. The van der Waals surface area contributed by atoms with Crippen molar-refractivity contribution in [2.24, 2.45) is 0 Å². The molecule has 0 saturated heterocycles. The van der Waals surface area contributed by atoms with Crippen molar-refractivity contribution in [3.63, 3.8) is 0 Å². The fraction of sp³-hybridized carbons (Fsp3) is 0.294. The molecule has 2 atom stereocenters. The number of ether oxygens (including phenoxy) is 1. The van der Waals surface area contributed by atoms with Crippen molar-refractivity contribution in [2.45, 2.75) is 19.1 Å². The highest BCUT2D eigenvalue weighted by Crippen LogP contribution is 2.21. The summed E-state index contributed by atoms with van der Waals surface area (Å²) in [5.74, 6) is 0.756. The molecule has 0 bridgehead atoms. The van der Waals surface area contributed by atoms with Crippen LogP contribution >= 0.6 is 15.9 Å². The molecule has 0 aromatic heterocycles. The maximum Gasteiger partial charge on any atom is 0.119 e. The second-order valence-corrected chi connectivity index (χ2v) is 5.89. The van der Waals surface area contributed by atoms with Crippen molar-refractivity contribution in [1.82, 2.24) is 5.32 Å². The van der Waals surface area contributed by atoms with E-state index in [-0.39, 0.29) is 6.04 Å². The number of methoxy groups -OCH3 is 1. The van der Waals surface area contributed by atoms with Crippen LogP contribution in [0.15, 0.2) is 53.0 Å². The van der Waals surface area contributed by atoms with Gasteiger partial charge in [0.25, 0.3) is 0 Å². The molecule has 2 aromatic carbocycles. The largest absolute Gasteiger partial charge is 0.497 e. The van der Waals surface area contributed by atoms with Gasteiger partial charge >= 0.3 is 0 Å². The molecule has 0 aliphatic rings. The van der Waals surface area contributed by atoms with Crippen LogP contribution < -0.4 is 10.1 Å². The summed E-state index contributed by atoms with van der Waals surface area (Å²) in [6, 6.07) is 15.8. The third kappa shape index (κ3) is 4.56. The second-order valence-electron chi connectivity index (χ2n) is 4.98. The van der Waals surface area contributed by atoms with Gasteiger partial charge in [0.2, 0.25) is 0 Å². The third-order valence-electron chi connectivity index (χ3n) is 3.44. The molecule has 0 aliphatic heterocycles. The van der Waals surface area contributed by atoms with E-state index in [2.05, 4.69) is 40.3 Å². The lowest BCUT2D eigenvalue weighted by atomic mass is 10.1. The van der Waals surface area contributed by atoms with Gasteiger partial charge in [0.05, 0.1) is 13.2 Å². The summed E-state index contributed by atoms with van der Waals surface area (Å²) in [5, 5.41) is 13.6. The highest BCUT2D eigenvalue weighted by molar-refractivity contribution is 9.10. The summed E-state index contributed by atoms with van der Waals surface area (Å²) in [6.45, 7) is 2.57. The van der Waals surface area contributed by atoms with Crippen LogP contribution in [0.25, 0.3) is 0 Å². The van der Waals surface area contributed by atoms with E-state index in [0.717, 1.165) is 15.8 Å². The van der Waals surface area contributed by atoms with Crippen LogP contribution in [0.2, 0.25) is 0 Å². The smallest absolute Gasteiger partial charge is 0.119 e. The molecule has 4 heteroatoms. The molecule has 0 amide bonds. The van der Waals surface area contributed by atoms with Gasteiger partial charge in [-0.3, -0.25) is 0 Å². The first-order chi connectivity index (χ1) is 10.1. The Morgan fingerprint density at radius 2 is 1.86 bits per heavy atom. The van der Waals surface area contributed by atoms with Gasteiger partial charge in [-0.15, -0.1) is 0 Å². The van der Waals surface area contributed by atoms with Crippen LogP contribution in [-0.2, 0) is 0 Å². The Balaban J connectivity index is 1.95. The van der Waals surface area contributed by atoms with E-state index in [0.29, 0.717) is 6.54 Å². The number of hydrogen-bond acceptors (Lipinski definition) is 3. The van der Waals surface area contributed by atoms with E-state index < -0.39 is 6.10 Å². The lowest BCUT2D eigenvalue weighted by Gasteiger charge is -2.18. The van der Waals surface area contributed by atoms with Gasteiger partial charge in [0.1, 0.15) is 5.75 Å². The Kier molecular flexibility index (Phi) is 5.79. The Bertz CT molecular complexity index is 589. The van der Waals surface area contributed by atoms with E-state index in [1.807, 2.05) is 36.4 Å². The Hall–Kier alpha value is -1.36. The molecule has 2 aromatic rings. The minimum absolute atomic E-state index is 0.169. The molecular weight excluding hydrogens is 330 g/mol. The first kappa shape index (κ1) is 16.0. The van der Waals surface area contributed by atoms with Crippen LogP contribution in [0.3, 0.4) is 0 Å². The summed E-state index contributed by atoms with van der Waals surface area (Å²) in [4.78, 5) is 0. The van der Waals surface area contributed by atoms with Crippen LogP contribution in [0.1, 0.15) is 30.2 Å². The number of nitrogens with one attached hydrogen (secondary N) is 1. The van der Waals surface area contributed by atoms with Crippen molar-refractivity contribution in [3.8, 4) is 5.75 Å². The number of benzene rings is 2. The van der Waals surface area contributed by atoms with Gasteiger partial charge < -0.3 is 15.2 Å². The zero-order valence-electron chi connectivity index (χ0n) is 12.2. The molecule has 21 heavy (non-hydrogen) atoms. The maximum atomic E-state index is 10.3. The molecule has 2 unspecified atom stereocenters. The van der Waals surface area contributed by atoms with Crippen molar-refractivity contribution >= 4 is 15.9 Å². The minimum atomic E-state index is -0.560. The summed E-state index contributed by atoms with van der Waals surface area (Å²) >= 11 is 3.47. The van der Waals surface area contributed by atoms with E-state index in [4.69, 9.17) is 4.74 Å². The molecule has 2 rings (SSSR count). The van der Waals surface area contributed by atoms with Gasteiger partial charge in [-0.2, -0.15) is 0 Å². The minimum Gasteiger partial charge on any atom is -0.497 e. The highest BCUT2D eigenvalue weighted by Gasteiger charge is 2.11. The van der Waals surface area contributed by atoms with E-state index in [1.54, 1.807) is 7.11 Å². The van der Waals surface area contributed by atoms with Crippen molar-refractivity contribution in [2.75, 3.05) is 13.7 Å². The quantitative estimate of drug-likeness (QED) is 0.832. The first-order valence-electron chi connectivity index (χ1n) is 6.91. The average molecular weight is 350 g/mol. The standard InChI is InChI=1S/C17H20BrNO2/c1-12(13-5-3-7-15(18)9-13)19-11-17(20)14-6-4-8-16(10-14)21-2/h3-10,12,17,19-20H,11H2,1-2H3. The Morgan fingerprint density at radius 1 is 1.14 bits per heavy atom. The van der Waals surface area contributed by atoms with Gasteiger partial charge in [-0.25, -0.2) is 0 Å². The lowest BCUT2D eigenvalue weighted by molar-refractivity contribution is 0.170. The molecule has 0 radical (unpaired) electrons. The zero-order valence-corrected chi connectivity index (χ0v) is 13.8. The SMILES string of the molecule is COc1cccc(C(O)CNC(C)c2cccc(Br)c2)c1. The monoisotopic (exact) mass is 349 g/mol. The summed E-state index contributed by atoms with van der Waals surface area (Å²) in [7, 11) is 1.62. The van der Waals surface area contributed by atoms with Crippen LogP contribution in [0.4, 0.5) is 0 Å². The molecule has 3 nitrogen and oxygen atoms in total. The van der Waals surface area contributed by atoms with E-state index in [1.165, 1.54) is 5.56 Å². The topological polar surface area (TPSA) is 41.5 Å². The van der Waals surface area contributed by atoms with Crippen LogP contribution in [0.5, 0.6) is 5.75 Å². The molecule has 0 fully saturated rings. The summed E-state index contributed by atoms with van der Waals surface area (Å²) in [6.07, 6.45) is -0.560. The molecule has 0 spiro atoms. The van der Waals surface area contributed by atoms with Crippen molar-refractivity contribution < 1.29 is 9.84 Å². The van der Waals surface area contributed by atoms with Gasteiger partial charge in [-0.1, -0.05) is 40.2 Å². The Labute approximate surface area is 134 Å². The normalized spacial score (nSPS) is 13.7. The predicted molar refractivity (Wildman–Crippen MR) is 88.5 cm³/mol. The predicted octanol–water partition coefficient (Wildman–Crippen LogP) is 3.84. The number of aliphatic hydroxyl groups is 1. The van der Waals surface area contributed by atoms with E-state index >= 15 is 0 Å². The molecule has 0 heterocycles. The second kappa shape index (κ2) is 7.59. The fourth-order valence-corrected chi connectivity index (χ4v) is 2.57. The van der Waals surface area contributed by atoms with Crippen LogP contribution in [-0.4, -0.2) is 18.8 Å². The van der Waals surface area contributed by atoms with Crippen molar-refractivity contribution in [3.05, 3.63) is 64.1 Å². The average Bonchev–Trinajstić information content (AvgIpc) is 2.52. The first-order valence-corrected chi connectivity index (χ1v) is 7.70. The molecule has 0 aliphatic carbocycles. The number of halogens is 1. The summed E-state index contributed by atoms with van der Waals surface area (Å²) in [5.41, 5.74) is 2.03. The fourth-order valence-electron chi connectivity index (χ4n) is 2.15. The lowest BCUT2D eigenvalue weighted by Crippen LogP contribution is -2.24. The molecule has 0 saturated carbocycles.